The second-order valence-corrected chi connectivity index (χ2v) is 9.02. The number of nitrogens with one attached hydrogen (secondary N) is 1. The average Bonchev–Trinajstić information content (AvgIpc) is 2.73. The molecule has 2 aromatic rings. The molecule has 2 unspecified atom stereocenters. The number of rotatable bonds is 7. The molecule has 0 bridgehead atoms. The Morgan fingerprint density at radius 1 is 1.27 bits per heavy atom. The summed E-state index contributed by atoms with van der Waals surface area (Å²) < 4.78 is 16.7. The number of hydrogen-bond acceptors (Lipinski definition) is 4. The van der Waals surface area contributed by atoms with Gasteiger partial charge in [0.2, 0.25) is 0 Å². The lowest BCUT2D eigenvalue weighted by Crippen LogP contribution is -2.54. The summed E-state index contributed by atoms with van der Waals surface area (Å²) in [6.45, 7) is 8.43. The lowest BCUT2D eigenvalue weighted by molar-refractivity contribution is 0.0406. The number of halogens is 2. The van der Waals surface area contributed by atoms with Gasteiger partial charge in [0.05, 0.1) is 0 Å². The first kappa shape index (κ1) is 22.9. The quantitative estimate of drug-likeness (QED) is 0.424. The molecule has 2 atom stereocenters. The smallest absolute Gasteiger partial charge is 0.254 e. The van der Waals surface area contributed by atoms with Crippen LogP contribution in [0.2, 0.25) is 5.02 Å². The summed E-state index contributed by atoms with van der Waals surface area (Å²) in [4.78, 5) is 17.3. The molecule has 2 aromatic carbocycles. The molecule has 0 saturated carbocycles. The van der Waals surface area contributed by atoms with E-state index in [1.54, 1.807) is 18.0 Å². The van der Waals surface area contributed by atoms with E-state index in [0.29, 0.717) is 17.1 Å². The molecule has 0 aromatic heterocycles. The van der Waals surface area contributed by atoms with Crippen LogP contribution in [0.15, 0.2) is 42.5 Å². The molecular weight excluding hydrogens is 421 g/mol. The van der Waals surface area contributed by atoms with E-state index in [1.165, 1.54) is 12.1 Å². The fourth-order valence-corrected chi connectivity index (χ4v) is 4.69. The van der Waals surface area contributed by atoms with Gasteiger partial charge in [0, 0.05) is 53.7 Å². The third kappa shape index (κ3) is 5.48. The second-order valence-electron chi connectivity index (χ2n) is 7.71. The van der Waals surface area contributed by atoms with Gasteiger partial charge in [-0.2, -0.15) is 0 Å². The maximum absolute atomic E-state index is 13.4. The molecule has 1 N–H and O–H groups in total. The molecule has 0 spiro atoms. The summed E-state index contributed by atoms with van der Waals surface area (Å²) in [5.41, 5.74) is 2.62. The first-order chi connectivity index (χ1) is 14.4. The molecule has 1 saturated heterocycles. The topological polar surface area (TPSA) is 35.6 Å². The number of carbonyl (C=O) groups excluding carboxylic acids is 1. The molecule has 30 heavy (non-hydrogen) atoms. The molecule has 1 amide bonds. The van der Waals surface area contributed by atoms with E-state index in [1.807, 2.05) is 29.2 Å². The highest BCUT2D eigenvalue weighted by atomic mass is 35.5. The van der Waals surface area contributed by atoms with Crippen LogP contribution in [0.4, 0.5) is 10.1 Å². The normalized spacial score (nSPS) is 18.3. The third-order valence-electron chi connectivity index (χ3n) is 5.51. The molecular formula is C23H29ClFN3OS. The van der Waals surface area contributed by atoms with Crippen molar-refractivity contribution in [3.8, 4) is 0 Å². The van der Waals surface area contributed by atoms with Crippen molar-refractivity contribution in [1.29, 1.82) is 0 Å². The highest BCUT2D eigenvalue weighted by molar-refractivity contribution is 8.00. The van der Waals surface area contributed by atoms with E-state index < -0.39 is 0 Å². The molecule has 1 heterocycles. The van der Waals surface area contributed by atoms with Gasteiger partial charge in [0.1, 0.15) is 5.82 Å². The van der Waals surface area contributed by atoms with Crippen molar-refractivity contribution < 1.29 is 9.18 Å². The largest absolute Gasteiger partial charge is 0.333 e. The van der Waals surface area contributed by atoms with Gasteiger partial charge in [-0.1, -0.05) is 36.5 Å². The minimum atomic E-state index is -0.329. The minimum absolute atomic E-state index is 0.0578. The maximum atomic E-state index is 13.4. The van der Waals surface area contributed by atoms with Crippen molar-refractivity contribution in [3.63, 3.8) is 0 Å². The van der Waals surface area contributed by atoms with Crippen LogP contribution in [-0.2, 0) is 0 Å². The monoisotopic (exact) mass is 449 g/mol. The fraction of sp³-hybridized carbons (Fsp3) is 0.435. The van der Waals surface area contributed by atoms with Crippen LogP contribution in [-0.4, -0.2) is 47.1 Å². The van der Waals surface area contributed by atoms with Gasteiger partial charge in [-0.3, -0.25) is 9.69 Å². The van der Waals surface area contributed by atoms with Crippen molar-refractivity contribution in [1.82, 2.24) is 9.80 Å². The Bertz CT molecular complexity index is 864. The number of nitrogens with zero attached hydrogens (tertiary/aromatic N) is 2. The van der Waals surface area contributed by atoms with E-state index in [0.717, 1.165) is 36.5 Å². The minimum Gasteiger partial charge on any atom is -0.333 e. The Kier molecular flexibility index (Phi) is 8.03. The molecule has 3 rings (SSSR count). The van der Waals surface area contributed by atoms with Crippen molar-refractivity contribution >= 4 is 35.1 Å². The highest BCUT2D eigenvalue weighted by Crippen LogP contribution is 2.30. The lowest BCUT2D eigenvalue weighted by Gasteiger charge is -2.42. The number of hydrogen-bond donors (Lipinski definition) is 1. The van der Waals surface area contributed by atoms with Crippen molar-refractivity contribution in [3.05, 3.63) is 64.4 Å². The molecule has 1 aliphatic rings. The summed E-state index contributed by atoms with van der Waals surface area (Å²) in [5.74, 6) is 0.775. The van der Waals surface area contributed by atoms with Gasteiger partial charge in [0.15, 0.2) is 0 Å². The predicted molar refractivity (Wildman–Crippen MR) is 125 cm³/mol. The van der Waals surface area contributed by atoms with Crippen LogP contribution in [0.1, 0.15) is 49.2 Å². The summed E-state index contributed by atoms with van der Waals surface area (Å²) in [7, 11) is 0. The van der Waals surface area contributed by atoms with E-state index >= 15 is 0 Å². The molecule has 1 fully saturated rings. The Labute approximate surface area is 187 Å². The Balaban J connectivity index is 1.61. The number of carbonyl (C=O) groups is 1. The fourth-order valence-electron chi connectivity index (χ4n) is 3.76. The van der Waals surface area contributed by atoms with Crippen LogP contribution < -0.4 is 4.72 Å². The zero-order valence-corrected chi connectivity index (χ0v) is 19.3. The number of benzene rings is 2. The SMILES string of the molecule is CCCSNc1ccc(C(=O)N2CCN(C(C)c3ccc(F)cc3Cl)CC2C)cc1. The van der Waals surface area contributed by atoms with Crippen molar-refractivity contribution in [2.24, 2.45) is 0 Å². The number of anilines is 1. The Morgan fingerprint density at radius 3 is 2.63 bits per heavy atom. The van der Waals surface area contributed by atoms with Crippen LogP contribution in [0, 0.1) is 5.82 Å². The van der Waals surface area contributed by atoms with Crippen LogP contribution in [0.5, 0.6) is 0 Å². The first-order valence-corrected chi connectivity index (χ1v) is 11.7. The van der Waals surface area contributed by atoms with E-state index in [4.69, 9.17) is 11.6 Å². The zero-order valence-electron chi connectivity index (χ0n) is 17.7. The van der Waals surface area contributed by atoms with Gasteiger partial charge in [0.25, 0.3) is 5.91 Å². The third-order valence-corrected chi connectivity index (χ3v) is 6.83. The first-order valence-electron chi connectivity index (χ1n) is 10.4. The standard InChI is InChI=1S/C23H29ClFN3OS/c1-4-13-30-26-20-8-5-18(6-9-20)23(29)28-12-11-27(15-16(28)2)17(3)21-10-7-19(25)14-22(21)24/h5-10,14,16-17,26H,4,11-13,15H2,1-3H3. The van der Waals surface area contributed by atoms with Gasteiger partial charge >= 0.3 is 0 Å². The summed E-state index contributed by atoms with van der Waals surface area (Å²) >= 11 is 7.92. The van der Waals surface area contributed by atoms with Crippen LogP contribution in [0.25, 0.3) is 0 Å². The molecule has 1 aliphatic heterocycles. The van der Waals surface area contributed by atoms with Gasteiger partial charge in [-0.25, -0.2) is 4.39 Å². The van der Waals surface area contributed by atoms with Gasteiger partial charge in [-0.15, -0.1) is 0 Å². The van der Waals surface area contributed by atoms with E-state index in [2.05, 4.69) is 30.4 Å². The van der Waals surface area contributed by atoms with Crippen LogP contribution in [0.3, 0.4) is 0 Å². The summed E-state index contributed by atoms with van der Waals surface area (Å²) in [6, 6.07) is 12.4. The molecule has 4 nitrogen and oxygen atoms in total. The van der Waals surface area contributed by atoms with Crippen molar-refractivity contribution in [2.75, 3.05) is 30.1 Å². The summed E-state index contributed by atoms with van der Waals surface area (Å²) in [5, 5.41) is 0.444. The van der Waals surface area contributed by atoms with Gasteiger partial charge < -0.3 is 9.62 Å². The summed E-state index contributed by atoms with van der Waals surface area (Å²) in [6.07, 6.45) is 1.12. The number of piperazine rings is 1. The average molecular weight is 450 g/mol. The Morgan fingerprint density at radius 2 is 2.00 bits per heavy atom. The number of amides is 1. The van der Waals surface area contributed by atoms with Crippen molar-refractivity contribution in [2.45, 2.75) is 39.3 Å². The molecule has 162 valence electrons. The van der Waals surface area contributed by atoms with Gasteiger partial charge in [-0.05, 0) is 62.2 Å². The van der Waals surface area contributed by atoms with Crippen LogP contribution >= 0.6 is 23.5 Å². The zero-order chi connectivity index (χ0) is 21.7. The molecule has 0 aliphatic carbocycles. The maximum Gasteiger partial charge on any atom is 0.254 e. The second kappa shape index (κ2) is 10.5. The molecule has 0 radical (unpaired) electrons. The lowest BCUT2D eigenvalue weighted by atomic mass is 10.0. The molecule has 7 heteroatoms. The predicted octanol–water partition coefficient (Wildman–Crippen LogP) is 5.86. The van der Waals surface area contributed by atoms with E-state index in [-0.39, 0.29) is 23.8 Å². The Hall–Kier alpha value is -1.76. The highest BCUT2D eigenvalue weighted by Gasteiger charge is 2.31. The van der Waals surface area contributed by atoms with E-state index in [9.17, 15) is 9.18 Å².